The van der Waals surface area contributed by atoms with Crippen LogP contribution in [0.5, 0.6) is 0 Å². The first-order valence-corrected chi connectivity index (χ1v) is 8.27. The second kappa shape index (κ2) is 7.85. The molecule has 0 radical (unpaired) electrons. The number of likely N-dealkylation sites (N-methyl/N-ethyl adjacent to an activating group) is 1. The first kappa shape index (κ1) is 17.0. The monoisotopic (exact) mass is 342 g/mol. The lowest BCUT2D eigenvalue weighted by atomic mass is 10.2. The standard InChI is InChI=1S/C18H22N4O3/c1-21-8-10-22(11-9-21)15-6-4-14(5-7-15)20-18(24)17(23)19-13-16-3-2-12-25-16/h2-7,12H,8-11,13H2,1H3,(H,19,23)(H,20,24). The van der Waals surface area contributed by atoms with Crippen LogP contribution >= 0.6 is 0 Å². The van der Waals surface area contributed by atoms with Gasteiger partial charge in [0.15, 0.2) is 0 Å². The maximum atomic E-state index is 11.9. The quantitative estimate of drug-likeness (QED) is 0.819. The Morgan fingerprint density at radius 2 is 1.76 bits per heavy atom. The van der Waals surface area contributed by atoms with E-state index in [0.29, 0.717) is 11.4 Å². The molecule has 2 amide bonds. The minimum absolute atomic E-state index is 0.182. The van der Waals surface area contributed by atoms with Crippen molar-refractivity contribution in [2.75, 3.05) is 43.4 Å². The average molecular weight is 342 g/mol. The minimum Gasteiger partial charge on any atom is -0.467 e. The highest BCUT2D eigenvalue weighted by molar-refractivity contribution is 6.39. The van der Waals surface area contributed by atoms with Crippen molar-refractivity contribution in [1.82, 2.24) is 10.2 Å². The van der Waals surface area contributed by atoms with E-state index in [1.807, 2.05) is 24.3 Å². The zero-order valence-electron chi connectivity index (χ0n) is 14.2. The summed E-state index contributed by atoms with van der Waals surface area (Å²) in [6, 6.07) is 11.0. The van der Waals surface area contributed by atoms with E-state index in [1.54, 1.807) is 12.1 Å². The highest BCUT2D eigenvalue weighted by atomic mass is 16.3. The molecule has 3 rings (SSSR count). The van der Waals surface area contributed by atoms with E-state index < -0.39 is 11.8 Å². The molecule has 0 unspecified atom stereocenters. The Hall–Kier alpha value is -2.80. The van der Waals surface area contributed by atoms with Crippen molar-refractivity contribution < 1.29 is 14.0 Å². The van der Waals surface area contributed by atoms with Gasteiger partial charge in [0.2, 0.25) is 0 Å². The highest BCUT2D eigenvalue weighted by Crippen LogP contribution is 2.19. The molecule has 2 N–H and O–H groups in total. The molecule has 0 spiro atoms. The maximum Gasteiger partial charge on any atom is 0.313 e. The van der Waals surface area contributed by atoms with Crippen LogP contribution in [0.4, 0.5) is 11.4 Å². The Bertz CT molecular complexity index is 704. The third-order valence-corrected chi connectivity index (χ3v) is 4.20. The number of amides is 2. The van der Waals surface area contributed by atoms with Crippen molar-refractivity contribution in [3.05, 3.63) is 48.4 Å². The zero-order chi connectivity index (χ0) is 17.6. The second-order valence-electron chi connectivity index (χ2n) is 6.05. The van der Waals surface area contributed by atoms with Gasteiger partial charge in [-0.1, -0.05) is 0 Å². The molecule has 2 aromatic rings. The molecule has 1 aliphatic rings. The van der Waals surface area contributed by atoms with Crippen molar-refractivity contribution in [2.24, 2.45) is 0 Å². The molecule has 1 fully saturated rings. The van der Waals surface area contributed by atoms with Crippen LogP contribution in [0.3, 0.4) is 0 Å². The van der Waals surface area contributed by atoms with Crippen molar-refractivity contribution in [3.63, 3.8) is 0 Å². The number of rotatable bonds is 4. The molecule has 7 heteroatoms. The van der Waals surface area contributed by atoms with Crippen LogP contribution in [-0.2, 0) is 16.1 Å². The Labute approximate surface area is 146 Å². The Morgan fingerprint density at radius 1 is 1.04 bits per heavy atom. The molecule has 132 valence electrons. The first-order chi connectivity index (χ1) is 12.1. The van der Waals surface area contributed by atoms with Crippen molar-refractivity contribution in [2.45, 2.75) is 6.54 Å². The summed E-state index contributed by atoms with van der Waals surface area (Å²) in [6.45, 7) is 4.22. The average Bonchev–Trinajstić information content (AvgIpc) is 3.14. The van der Waals surface area contributed by atoms with Crippen molar-refractivity contribution in [1.29, 1.82) is 0 Å². The highest BCUT2D eigenvalue weighted by Gasteiger charge is 2.16. The lowest BCUT2D eigenvalue weighted by Gasteiger charge is -2.34. The first-order valence-electron chi connectivity index (χ1n) is 8.27. The fourth-order valence-electron chi connectivity index (χ4n) is 2.67. The summed E-state index contributed by atoms with van der Waals surface area (Å²) < 4.78 is 5.11. The summed E-state index contributed by atoms with van der Waals surface area (Å²) in [5.74, 6) is -0.795. The van der Waals surface area contributed by atoms with E-state index in [2.05, 4.69) is 27.5 Å². The number of hydrogen-bond donors (Lipinski definition) is 2. The van der Waals surface area contributed by atoms with Gasteiger partial charge >= 0.3 is 11.8 Å². The number of anilines is 2. The van der Waals surface area contributed by atoms with Gasteiger partial charge in [-0.05, 0) is 43.4 Å². The van der Waals surface area contributed by atoms with Crippen molar-refractivity contribution in [3.8, 4) is 0 Å². The number of piperazine rings is 1. The molecule has 1 aliphatic heterocycles. The predicted octanol–water partition coefficient (Wildman–Crippen LogP) is 1.29. The van der Waals surface area contributed by atoms with E-state index in [-0.39, 0.29) is 6.54 Å². The fourth-order valence-corrected chi connectivity index (χ4v) is 2.67. The van der Waals surface area contributed by atoms with Gasteiger partial charge in [-0.2, -0.15) is 0 Å². The van der Waals surface area contributed by atoms with Crippen LogP contribution < -0.4 is 15.5 Å². The third-order valence-electron chi connectivity index (χ3n) is 4.20. The summed E-state index contributed by atoms with van der Waals surface area (Å²) in [5.41, 5.74) is 1.71. The van der Waals surface area contributed by atoms with Gasteiger partial charge in [-0.15, -0.1) is 0 Å². The number of nitrogens with zero attached hydrogens (tertiary/aromatic N) is 2. The van der Waals surface area contributed by atoms with Gasteiger partial charge in [0, 0.05) is 37.6 Å². The Morgan fingerprint density at radius 3 is 2.40 bits per heavy atom. The summed E-state index contributed by atoms with van der Waals surface area (Å²) in [6.07, 6.45) is 1.52. The molecule has 0 bridgehead atoms. The summed E-state index contributed by atoms with van der Waals surface area (Å²) in [4.78, 5) is 28.3. The number of furan rings is 1. The maximum absolute atomic E-state index is 11.9. The molecule has 2 heterocycles. The lowest BCUT2D eigenvalue weighted by Crippen LogP contribution is -2.44. The molecule has 1 aromatic carbocycles. The van der Waals surface area contributed by atoms with Gasteiger partial charge in [-0.3, -0.25) is 9.59 Å². The second-order valence-corrected chi connectivity index (χ2v) is 6.05. The van der Waals surface area contributed by atoms with Crippen molar-refractivity contribution >= 4 is 23.2 Å². The molecule has 7 nitrogen and oxygen atoms in total. The topological polar surface area (TPSA) is 77.8 Å². The van der Waals surface area contributed by atoms with Gasteiger partial charge in [0.25, 0.3) is 0 Å². The van der Waals surface area contributed by atoms with Gasteiger partial charge in [0.1, 0.15) is 5.76 Å². The van der Waals surface area contributed by atoms with Crippen LogP contribution in [0.25, 0.3) is 0 Å². The molecule has 0 saturated carbocycles. The SMILES string of the molecule is CN1CCN(c2ccc(NC(=O)C(=O)NCc3ccco3)cc2)CC1. The van der Waals surface area contributed by atoms with E-state index >= 15 is 0 Å². The fraction of sp³-hybridized carbons (Fsp3) is 0.333. The molecule has 0 atom stereocenters. The van der Waals surface area contributed by atoms with E-state index in [0.717, 1.165) is 31.9 Å². The summed E-state index contributed by atoms with van der Waals surface area (Å²) in [5, 5.41) is 5.12. The molecule has 0 aliphatic carbocycles. The van der Waals surface area contributed by atoms with E-state index in [9.17, 15) is 9.59 Å². The van der Waals surface area contributed by atoms with Gasteiger partial charge < -0.3 is 24.9 Å². The van der Waals surface area contributed by atoms with Crippen LogP contribution in [0.2, 0.25) is 0 Å². The number of benzene rings is 1. The van der Waals surface area contributed by atoms with Crippen LogP contribution in [0, 0.1) is 0 Å². The van der Waals surface area contributed by atoms with Crippen LogP contribution in [0.15, 0.2) is 47.1 Å². The van der Waals surface area contributed by atoms with Gasteiger partial charge in [0.05, 0.1) is 12.8 Å². The largest absolute Gasteiger partial charge is 0.467 e. The number of nitrogens with one attached hydrogen (secondary N) is 2. The van der Waals surface area contributed by atoms with E-state index in [1.165, 1.54) is 6.26 Å². The summed E-state index contributed by atoms with van der Waals surface area (Å²) >= 11 is 0. The predicted molar refractivity (Wildman–Crippen MR) is 95.3 cm³/mol. The molecule has 1 saturated heterocycles. The summed E-state index contributed by atoms with van der Waals surface area (Å²) in [7, 11) is 2.12. The number of hydrogen-bond acceptors (Lipinski definition) is 5. The van der Waals surface area contributed by atoms with Gasteiger partial charge in [-0.25, -0.2) is 0 Å². The Balaban J connectivity index is 1.50. The zero-order valence-corrected chi connectivity index (χ0v) is 14.2. The molecular weight excluding hydrogens is 320 g/mol. The molecule has 25 heavy (non-hydrogen) atoms. The smallest absolute Gasteiger partial charge is 0.313 e. The minimum atomic E-state index is -0.695. The molecular formula is C18H22N4O3. The molecule has 1 aromatic heterocycles. The number of carbonyl (C=O) groups excluding carboxylic acids is 2. The Kier molecular flexibility index (Phi) is 5.35. The third kappa shape index (κ3) is 4.60. The van der Waals surface area contributed by atoms with E-state index in [4.69, 9.17) is 4.42 Å². The van der Waals surface area contributed by atoms with Crippen LogP contribution in [0.1, 0.15) is 5.76 Å². The van der Waals surface area contributed by atoms with Crippen LogP contribution in [-0.4, -0.2) is 49.9 Å². The lowest BCUT2D eigenvalue weighted by molar-refractivity contribution is -0.136. The normalized spacial score (nSPS) is 15.0. The number of carbonyl (C=O) groups is 2.